The van der Waals surface area contributed by atoms with Gasteiger partial charge in [0.15, 0.2) is 6.61 Å². The molecular formula is C23H25N3O5. The zero-order chi connectivity index (χ0) is 22.2. The molecule has 2 heterocycles. The van der Waals surface area contributed by atoms with E-state index in [0.717, 1.165) is 24.1 Å². The number of hydrogen-bond donors (Lipinski definition) is 2. The number of urea groups is 1. The van der Waals surface area contributed by atoms with E-state index >= 15 is 0 Å². The molecule has 8 heteroatoms. The first-order valence-corrected chi connectivity index (χ1v) is 10.2. The first-order chi connectivity index (χ1) is 15.0. The summed E-state index contributed by atoms with van der Waals surface area (Å²) in [6.45, 7) is 3.57. The normalized spacial score (nSPS) is 10.6. The van der Waals surface area contributed by atoms with Crippen molar-refractivity contribution in [2.45, 2.75) is 39.7 Å². The van der Waals surface area contributed by atoms with Crippen molar-refractivity contribution in [3.63, 3.8) is 0 Å². The summed E-state index contributed by atoms with van der Waals surface area (Å²) in [5.41, 5.74) is 2.81. The summed E-state index contributed by atoms with van der Waals surface area (Å²) in [5.74, 6) is -0.789. The average molecular weight is 423 g/mol. The number of rotatable bonds is 8. The lowest BCUT2D eigenvalue weighted by molar-refractivity contribution is -0.123. The number of carbonyl (C=O) groups excluding carboxylic acids is 3. The van der Waals surface area contributed by atoms with Gasteiger partial charge in [0.05, 0.1) is 23.9 Å². The van der Waals surface area contributed by atoms with E-state index in [4.69, 9.17) is 14.1 Å². The lowest BCUT2D eigenvalue weighted by Gasteiger charge is -2.15. The fourth-order valence-corrected chi connectivity index (χ4v) is 3.35. The van der Waals surface area contributed by atoms with Crippen LogP contribution in [0.1, 0.15) is 47.6 Å². The van der Waals surface area contributed by atoms with Crippen molar-refractivity contribution in [1.82, 2.24) is 15.6 Å². The van der Waals surface area contributed by atoms with Gasteiger partial charge in [-0.15, -0.1) is 0 Å². The van der Waals surface area contributed by atoms with E-state index in [1.807, 2.05) is 31.2 Å². The summed E-state index contributed by atoms with van der Waals surface area (Å²) in [6.07, 6.45) is 3.73. The monoisotopic (exact) mass is 423 g/mol. The Kier molecular flexibility index (Phi) is 7.37. The van der Waals surface area contributed by atoms with Gasteiger partial charge in [0, 0.05) is 11.1 Å². The lowest BCUT2D eigenvalue weighted by atomic mass is 9.96. The van der Waals surface area contributed by atoms with Crippen molar-refractivity contribution >= 4 is 28.8 Å². The molecule has 0 aliphatic rings. The molecule has 8 nitrogen and oxygen atoms in total. The molecule has 0 aliphatic carbocycles. The predicted molar refractivity (Wildman–Crippen MR) is 114 cm³/mol. The number of nitrogens with one attached hydrogen (secondary N) is 2. The van der Waals surface area contributed by atoms with Crippen LogP contribution in [0.15, 0.2) is 47.1 Å². The van der Waals surface area contributed by atoms with Crippen molar-refractivity contribution in [2.24, 2.45) is 0 Å². The maximum absolute atomic E-state index is 12.9. The van der Waals surface area contributed by atoms with Crippen LogP contribution >= 0.6 is 0 Å². The summed E-state index contributed by atoms with van der Waals surface area (Å²) in [4.78, 5) is 41.5. The molecule has 0 spiro atoms. The minimum Gasteiger partial charge on any atom is -0.467 e. The Hall–Kier alpha value is -3.68. The highest BCUT2D eigenvalue weighted by Crippen LogP contribution is 2.26. The third kappa shape index (κ3) is 5.48. The zero-order valence-electron chi connectivity index (χ0n) is 17.6. The molecule has 2 N–H and O–H groups in total. The number of carbonyl (C=O) groups is 3. The second kappa shape index (κ2) is 10.4. The van der Waals surface area contributed by atoms with Crippen LogP contribution in [-0.2, 0) is 28.9 Å². The number of ether oxygens (including phenoxy) is 1. The van der Waals surface area contributed by atoms with Gasteiger partial charge in [-0.25, -0.2) is 9.59 Å². The van der Waals surface area contributed by atoms with E-state index < -0.39 is 24.5 Å². The fourth-order valence-electron chi connectivity index (χ4n) is 3.35. The molecule has 0 saturated carbocycles. The van der Waals surface area contributed by atoms with Crippen molar-refractivity contribution in [1.29, 1.82) is 0 Å². The van der Waals surface area contributed by atoms with Gasteiger partial charge in [-0.1, -0.05) is 38.5 Å². The van der Waals surface area contributed by atoms with Gasteiger partial charge in [-0.2, -0.15) is 0 Å². The first kappa shape index (κ1) is 22.0. The first-order valence-electron chi connectivity index (χ1n) is 10.2. The number of aryl methyl sites for hydroxylation is 1. The van der Waals surface area contributed by atoms with Crippen molar-refractivity contribution in [3.05, 3.63) is 65.2 Å². The minimum atomic E-state index is -0.726. The molecule has 3 aromatic rings. The van der Waals surface area contributed by atoms with E-state index in [2.05, 4.69) is 17.6 Å². The molecule has 0 atom stereocenters. The van der Waals surface area contributed by atoms with Crippen LogP contribution in [0.3, 0.4) is 0 Å². The quantitative estimate of drug-likeness (QED) is 0.536. The Morgan fingerprint density at radius 3 is 2.61 bits per heavy atom. The highest BCUT2D eigenvalue weighted by Gasteiger charge is 2.21. The Morgan fingerprint density at radius 1 is 1.10 bits per heavy atom. The van der Waals surface area contributed by atoms with Crippen LogP contribution in [0.4, 0.5) is 4.79 Å². The van der Waals surface area contributed by atoms with Crippen LogP contribution in [0, 0.1) is 0 Å². The molecule has 0 bridgehead atoms. The van der Waals surface area contributed by atoms with Crippen LogP contribution in [0.25, 0.3) is 10.9 Å². The maximum Gasteiger partial charge on any atom is 0.339 e. The average Bonchev–Trinajstić information content (AvgIpc) is 3.29. The van der Waals surface area contributed by atoms with Gasteiger partial charge < -0.3 is 14.5 Å². The summed E-state index contributed by atoms with van der Waals surface area (Å²) in [6, 6.07) is 10.0. The molecule has 3 amide bonds. The van der Waals surface area contributed by atoms with Gasteiger partial charge in [-0.3, -0.25) is 15.1 Å². The Morgan fingerprint density at radius 2 is 1.90 bits per heavy atom. The van der Waals surface area contributed by atoms with Gasteiger partial charge in [0.2, 0.25) is 0 Å². The zero-order valence-corrected chi connectivity index (χ0v) is 17.6. The number of nitrogens with zero attached hydrogens (tertiary/aromatic N) is 1. The second-order valence-electron chi connectivity index (χ2n) is 6.92. The highest BCUT2D eigenvalue weighted by molar-refractivity contribution is 6.06. The number of aromatic nitrogens is 1. The molecule has 2 aromatic heterocycles. The molecule has 3 rings (SSSR count). The third-order valence-corrected chi connectivity index (χ3v) is 4.71. The van der Waals surface area contributed by atoms with Gasteiger partial charge in [0.1, 0.15) is 5.76 Å². The molecule has 0 aliphatic heterocycles. The third-order valence-electron chi connectivity index (χ3n) is 4.71. The maximum atomic E-state index is 12.9. The fraction of sp³-hybridized carbons (Fsp3) is 0.304. The molecule has 0 unspecified atom stereocenters. The van der Waals surface area contributed by atoms with E-state index in [9.17, 15) is 14.4 Å². The largest absolute Gasteiger partial charge is 0.467 e. The standard InChI is InChI=1S/C23H25N3O5/c1-3-8-18-16(4-2)21(17-10-5-6-11-19(17)25-18)22(28)31-14-20(27)26-23(29)24-13-15-9-7-12-30-15/h5-7,9-12H,3-4,8,13-14H2,1-2H3,(H2,24,26,27,29). The number of furan rings is 1. The van der Waals surface area contributed by atoms with Gasteiger partial charge >= 0.3 is 12.0 Å². The molecule has 0 saturated heterocycles. The predicted octanol–water partition coefficient (Wildman–Crippen LogP) is 3.53. The Labute approximate surface area is 180 Å². The molecular weight excluding hydrogens is 398 g/mol. The summed E-state index contributed by atoms with van der Waals surface area (Å²) >= 11 is 0. The smallest absolute Gasteiger partial charge is 0.339 e. The number of imide groups is 1. The summed E-state index contributed by atoms with van der Waals surface area (Å²) in [5, 5.41) is 5.29. The molecule has 31 heavy (non-hydrogen) atoms. The summed E-state index contributed by atoms with van der Waals surface area (Å²) < 4.78 is 10.3. The van der Waals surface area contributed by atoms with Crippen molar-refractivity contribution in [3.8, 4) is 0 Å². The van der Waals surface area contributed by atoms with E-state index in [0.29, 0.717) is 28.6 Å². The second-order valence-corrected chi connectivity index (χ2v) is 6.92. The highest BCUT2D eigenvalue weighted by atomic mass is 16.5. The van der Waals surface area contributed by atoms with Crippen molar-refractivity contribution < 1.29 is 23.5 Å². The summed E-state index contributed by atoms with van der Waals surface area (Å²) in [7, 11) is 0. The van der Waals surface area contributed by atoms with Crippen LogP contribution in [-0.4, -0.2) is 29.5 Å². The van der Waals surface area contributed by atoms with Gasteiger partial charge in [-0.05, 0) is 36.6 Å². The Balaban J connectivity index is 1.68. The number of esters is 1. The van der Waals surface area contributed by atoms with Crippen LogP contribution in [0.5, 0.6) is 0 Å². The molecule has 1 aromatic carbocycles. The number of amides is 3. The van der Waals surface area contributed by atoms with Crippen LogP contribution < -0.4 is 10.6 Å². The van der Waals surface area contributed by atoms with E-state index in [-0.39, 0.29) is 6.54 Å². The van der Waals surface area contributed by atoms with Crippen LogP contribution in [0.2, 0.25) is 0 Å². The number of hydrogen-bond acceptors (Lipinski definition) is 6. The van der Waals surface area contributed by atoms with E-state index in [1.165, 1.54) is 6.26 Å². The lowest BCUT2D eigenvalue weighted by Crippen LogP contribution is -2.41. The number of pyridine rings is 1. The number of fused-ring (bicyclic) bond motifs is 1. The Bertz CT molecular complexity index is 1080. The molecule has 0 radical (unpaired) electrons. The van der Waals surface area contributed by atoms with Crippen molar-refractivity contribution in [2.75, 3.05) is 6.61 Å². The molecule has 162 valence electrons. The van der Waals surface area contributed by atoms with E-state index in [1.54, 1.807) is 12.1 Å². The number of para-hydroxylation sites is 1. The minimum absolute atomic E-state index is 0.134. The topological polar surface area (TPSA) is 111 Å². The SMILES string of the molecule is CCCc1nc2ccccc2c(C(=O)OCC(=O)NC(=O)NCc2ccco2)c1CC. The number of benzene rings is 1. The van der Waals surface area contributed by atoms with Gasteiger partial charge in [0.25, 0.3) is 5.91 Å². The molecule has 0 fully saturated rings.